The lowest BCUT2D eigenvalue weighted by Gasteiger charge is -2.50. The topological polar surface area (TPSA) is 83.5 Å². The van der Waals surface area contributed by atoms with Crippen LogP contribution in [0.25, 0.3) is 0 Å². The van der Waals surface area contributed by atoms with Crippen LogP contribution in [-0.2, 0) is 20.6 Å². The van der Waals surface area contributed by atoms with Gasteiger partial charge in [-0.25, -0.2) is 17.5 Å². The summed E-state index contributed by atoms with van der Waals surface area (Å²) < 4.78 is 40.8. The molecule has 0 radical (unpaired) electrons. The van der Waals surface area contributed by atoms with Crippen molar-refractivity contribution in [1.82, 2.24) is 4.72 Å². The maximum atomic E-state index is 13.4. The molecule has 2 saturated carbocycles. The zero-order chi connectivity index (χ0) is 18.2. The molecule has 138 valence electrons. The lowest BCUT2D eigenvalue weighted by molar-refractivity contribution is -0.151. The summed E-state index contributed by atoms with van der Waals surface area (Å²) in [5.74, 6) is -1.90. The summed E-state index contributed by atoms with van der Waals surface area (Å²) >= 11 is 5.61. The van der Waals surface area contributed by atoms with Crippen molar-refractivity contribution in [3.8, 4) is 0 Å². The van der Waals surface area contributed by atoms with Crippen LogP contribution in [0.1, 0.15) is 44.1 Å². The first-order valence-electron chi connectivity index (χ1n) is 8.35. The summed E-state index contributed by atoms with van der Waals surface area (Å²) in [6.45, 7) is 0. The van der Waals surface area contributed by atoms with E-state index in [1.165, 1.54) is 12.1 Å². The Bertz CT molecular complexity index is 767. The third-order valence-corrected chi connectivity index (χ3v) is 7.15. The molecule has 1 spiro atoms. The van der Waals surface area contributed by atoms with Crippen molar-refractivity contribution < 1.29 is 22.7 Å². The van der Waals surface area contributed by atoms with E-state index in [9.17, 15) is 17.6 Å². The van der Waals surface area contributed by atoms with Gasteiger partial charge in [-0.3, -0.25) is 4.79 Å². The van der Waals surface area contributed by atoms with Gasteiger partial charge in [0.1, 0.15) is 5.82 Å². The lowest BCUT2D eigenvalue weighted by Crippen LogP contribution is -2.47. The van der Waals surface area contributed by atoms with Gasteiger partial charge in [-0.1, -0.05) is 17.7 Å². The quantitative estimate of drug-likeness (QED) is 0.809. The van der Waals surface area contributed by atoms with Crippen LogP contribution in [0.3, 0.4) is 0 Å². The Morgan fingerprint density at radius 3 is 2.52 bits per heavy atom. The summed E-state index contributed by atoms with van der Waals surface area (Å²) in [5, 5.41) is 8.97. The highest BCUT2D eigenvalue weighted by Gasteiger charge is 2.48. The summed E-state index contributed by atoms with van der Waals surface area (Å²) in [4.78, 5) is 11.0. The van der Waals surface area contributed by atoms with E-state index in [1.54, 1.807) is 0 Å². The molecule has 2 fully saturated rings. The second-order valence-corrected chi connectivity index (χ2v) is 9.50. The molecular weight excluding hydrogens is 369 g/mol. The lowest BCUT2D eigenvalue weighted by atomic mass is 9.55. The van der Waals surface area contributed by atoms with Crippen LogP contribution in [0, 0.1) is 17.2 Å². The van der Waals surface area contributed by atoms with Gasteiger partial charge in [-0.2, -0.15) is 0 Å². The molecule has 0 atom stereocenters. The monoisotopic (exact) mass is 389 g/mol. The first kappa shape index (κ1) is 18.6. The Labute approximate surface area is 151 Å². The number of carboxylic acid groups (broad SMARTS) is 1. The molecule has 0 saturated heterocycles. The van der Waals surface area contributed by atoms with E-state index < -0.39 is 21.8 Å². The summed E-state index contributed by atoms with van der Waals surface area (Å²) in [6.07, 6.45) is 4.51. The molecule has 8 heteroatoms. The summed E-state index contributed by atoms with van der Waals surface area (Å²) in [5.41, 5.74) is 0.439. The Kier molecular flexibility index (Phi) is 5.10. The molecule has 0 aromatic heterocycles. The first-order valence-corrected chi connectivity index (χ1v) is 10.4. The van der Waals surface area contributed by atoms with Crippen LogP contribution in [0.2, 0.25) is 5.02 Å². The average Bonchev–Trinajstić information content (AvgIpc) is 2.48. The number of hydrogen-bond donors (Lipinski definition) is 2. The van der Waals surface area contributed by atoms with E-state index in [1.807, 2.05) is 0 Å². The van der Waals surface area contributed by atoms with Crippen LogP contribution >= 0.6 is 11.6 Å². The molecule has 0 aliphatic heterocycles. The highest BCUT2D eigenvalue weighted by atomic mass is 35.5. The SMILES string of the molecule is O=C(O)C1CC2(CCC(NS(=O)(=O)Cc3ccc(Cl)c(F)c3)CC2)C1. The molecule has 2 aliphatic rings. The van der Waals surface area contributed by atoms with Gasteiger partial charge in [0, 0.05) is 6.04 Å². The number of carboxylic acids is 1. The molecule has 2 N–H and O–H groups in total. The standard InChI is InChI=1S/C17H21ClFNO4S/c18-14-2-1-11(7-15(14)19)10-25(23,24)20-13-3-5-17(6-4-13)8-12(9-17)16(21)22/h1-2,7,12-13,20H,3-6,8-10H2,(H,21,22). The number of hydrogen-bond acceptors (Lipinski definition) is 3. The number of carbonyl (C=O) groups is 1. The van der Waals surface area contributed by atoms with Gasteiger partial charge in [-0.05, 0) is 61.6 Å². The highest BCUT2D eigenvalue weighted by molar-refractivity contribution is 7.88. The zero-order valence-electron chi connectivity index (χ0n) is 13.7. The number of halogens is 2. The van der Waals surface area contributed by atoms with Gasteiger partial charge in [-0.15, -0.1) is 0 Å². The molecule has 5 nitrogen and oxygen atoms in total. The van der Waals surface area contributed by atoms with Crippen molar-refractivity contribution in [2.24, 2.45) is 11.3 Å². The van der Waals surface area contributed by atoms with Crippen LogP contribution in [0.4, 0.5) is 4.39 Å². The van der Waals surface area contributed by atoms with Crippen molar-refractivity contribution in [3.63, 3.8) is 0 Å². The van der Waals surface area contributed by atoms with E-state index >= 15 is 0 Å². The normalized spacial score (nSPS) is 29.4. The van der Waals surface area contributed by atoms with Gasteiger partial charge in [0.25, 0.3) is 0 Å². The molecule has 0 bridgehead atoms. The predicted octanol–water partition coefficient (Wildman–Crippen LogP) is 3.32. The number of benzene rings is 1. The minimum atomic E-state index is -3.57. The smallest absolute Gasteiger partial charge is 0.306 e. The fourth-order valence-corrected chi connectivity index (χ4v) is 5.62. The Balaban J connectivity index is 1.52. The Morgan fingerprint density at radius 1 is 1.32 bits per heavy atom. The number of sulfonamides is 1. The molecule has 0 heterocycles. The van der Waals surface area contributed by atoms with Gasteiger partial charge < -0.3 is 5.11 Å². The van der Waals surface area contributed by atoms with Crippen LogP contribution in [0.5, 0.6) is 0 Å². The largest absolute Gasteiger partial charge is 0.481 e. The van der Waals surface area contributed by atoms with Gasteiger partial charge in [0.2, 0.25) is 10.0 Å². The molecule has 2 aliphatic carbocycles. The summed E-state index contributed by atoms with van der Waals surface area (Å²) in [7, 11) is -3.57. The molecular formula is C17H21ClFNO4S. The molecule has 0 unspecified atom stereocenters. The van der Waals surface area contributed by atoms with Crippen LogP contribution < -0.4 is 4.72 Å². The first-order chi connectivity index (χ1) is 11.7. The highest BCUT2D eigenvalue weighted by Crippen LogP contribution is 2.54. The third-order valence-electron chi connectivity index (χ3n) is 5.44. The van der Waals surface area contributed by atoms with E-state index in [4.69, 9.17) is 16.7 Å². The minimum absolute atomic E-state index is 0.0353. The zero-order valence-corrected chi connectivity index (χ0v) is 15.2. The van der Waals surface area contributed by atoms with Crippen molar-refractivity contribution >= 4 is 27.6 Å². The van der Waals surface area contributed by atoms with Crippen LogP contribution in [-0.4, -0.2) is 25.5 Å². The summed E-state index contributed by atoms with van der Waals surface area (Å²) in [6, 6.07) is 3.84. The van der Waals surface area contributed by atoms with Crippen LogP contribution in [0.15, 0.2) is 18.2 Å². The van der Waals surface area contributed by atoms with Gasteiger partial charge in [0.15, 0.2) is 0 Å². The van der Waals surface area contributed by atoms with E-state index in [2.05, 4.69) is 4.72 Å². The second kappa shape index (κ2) is 6.85. The average molecular weight is 390 g/mol. The maximum absolute atomic E-state index is 13.4. The third kappa shape index (κ3) is 4.33. The number of nitrogens with one attached hydrogen (secondary N) is 1. The number of rotatable bonds is 5. The molecule has 0 amide bonds. The fourth-order valence-electron chi connectivity index (χ4n) is 4.06. The van der Waals surface area contributed by atoms with E-state index in [-0.39, 0.29) is 28.2 Å². The molecule has 1 aromatic carbocycles. The van der Waals surface area contributed by atoms with E-state index in [0.717, 1.165) is 18.9 Å². The van der Waals surface area contributed by atoms with Crippen molar-refractivity contribution in [3.05, 3.63) is 34.6 Å². The Morgan fingerprint density at radius 2 is 1.96 bits per heavy atom. The van der Waals surface area contributed by atoms with Crippen molar-refractivity contribution in [1.29, 1.82) is 0 Å². The predicted molar refractivity (Wildman–Crippen MR) is 92.2 cm³/mol. The van der Waals surface area contributed by atoms with Crippen molar-refractivity contribution in [2.75, 3.05) is 0 Å². The minimum Gasteiger partial charge on any atom is -0.481 e. The van der Waals surface area contributed by atoms with Crippen molar-refractivity contribution in [2.45, 2.75) is 50.3 Å². The fraction of sp³-hybridized carbons (Fsp3) is 0.588. The Hall–Kier alpha value is -1.18. The second-order valence-electron chi connectivity index (χ2n) is 7.34. The van der Waals surface area contributed by atoms with E-state index in [0.29, 0.717) is 31.2 Å². The van der Waals surface area contributed by atoms with Gasteiger partial charge >= 0.3 is 5.97 Å². The molecule has 25 heavy (non-hydrogen) atoms. The molecule has 1 aromatic rings. The molecule has 3 rings (SSSR count). The van der Waals surface area contributed by atoms with Gasteiger partial charge in [0.05, 0.1) is 16.7 Å². The maximum Gasteiger partial charge on any atom is 0.306 e. The number of aliphatic carboxylic acids is 1.